The second-order valence-corrected chi connectivity index (χ2v) is 6.63. The van der Waals surface area contributed by atoms with Crippen LogP contribution >= 0.6 is 0 Å². The Hall–Kier alpha value is -3.42. The highest BCUT2D eigenvalue weighted by molar-refractivity contribution is 5.82. The van der Waals surface area contributed by atoms with Gasteiger partial charge < -0.3 is 9.47 Å². The van der Waals surface area contributed by atoms with Crippen LogP contribution in [0.25, 0.3) is 0 Å². The Labute approximate surface area is 167 Å². The number of halogens is 1. The molecule has 0 aromatic heterocycles. The average molecular weight is 400 g/mol. The Bertz CT molecular complexity index is 872. The van der Waals surface area contributed by atoms with E-state index in [1.165, 1.54) is 36.2 Å². The molecule has 1 atom stereocenters. The lowest BCUT2D eigenvalue weighted by molar-refractivity contribution is -0.146. The molecule has 8 heteroatoms. The Morgan fingerprint density at radius 2 is 1.62 bits per heavy atom. The quantitative estimate of drug-likeness (QED) is 0.722. The van der Waals surface area contributed by atoms with Crippen molar-refractivity contribution in [2.45, 2.75) is 26.1 Å². The first-order valence-electron chi connectivity index (χ1n) is 9.12. The number of rotatable bonds is 5. The van der Waals surface area contributed by atoms with Gasteiger partial charge in [0.2, 0.25) is 5.91 Å². The van der Waals surface area contributed by atoms with Gasteiger partial charge in [0.1, 0.15) is 18.5 Å². The van der Waals surface area contributed by atoms with Gasteiger partial charge in [-0.2, -0.15) is 0 Å². The van der Waals surface area contributed by atoms with E-state index in [2.05, 4.69) is 0 Å². The van der Waals surface area contributed by atoms with Gasteiger partial charge in [-0.25, -0.2) is 19.2 Å². The van der Waals surface area contributed by atoms with Crippen LogP contribution in [0.4, 0.5) is 9.18 Å². The number of carbonyl (C=O) groups is 3. The summed E-state index contributed by atoms with van der Waals surface area (Å²) in [5, 5.41) is 2.35. The van der Waals surface area contributed by atoms with Crippen molar-refractivity contribution in [2.75, 3.05) is 13.1 Å². The summed E-state index contributed by atoms with van der Waals surface area (Å²) in [4.78, 5) is 36.6. The van der Waals surface area contributed by atoms with Crippen LogP contribution in [0.1, 0.15) is 18.1 Å². The molecule has 152 valence electrons. The minimum Gasteiger partial charge on any atom is -0.459 e. The number of carbonyl (C=O) groups excluding carboxylic acids is 3. The van der Waals surface area contributed by atoms with E-state index in [0.717, 1.165) is 10.6 Å². The minimum absolute atomic E-state index is 0.0162. The lowest BCUT2D eigenvalue weighted by Gasteiger charge is -2.26. The third kappa shape index (κ3) is 5.54. The second kappa shape index (κ2) is 9.18. The number of ether oxygens (including phenoxy) is 2. The SMILES string of the molecule is CC(=O)OC1CN(C(=O)Cc2ccc(F)cc2)N(C(=O)OCc2ccccc2)C1. The molecule has 2 aromatic carbocycles. The highest BCUT2D eigenvalue weighted by Crippen LogP contribution is 2.18. The summed E-state index contributed by atoms with van der Waals surface area (Å²) in [6, 6.07) is 14.7. The topological polar surface area (TPSA) is 76.2 Å². The van der Waals surface area contributed by atoms with E-state index < -0.39 is 24.0 Å². The van der Waals surface area contributed by atoms with Crippen LogP contribution in [0.2, 0.25) is 0 Å². The number of nitrogens with zero attached hydrogens (tertiary/aromatic N) is 2. The maximum absolute atomic E-state index is 13.1. The van der Waals surface area contributed by atoms with Gasteiger partial charge in [0, 0.05) is 6.92 Å². The normalized spacial score (nSPS) is 15.9. The van der Waals surface area contributed by atoms with Crippen LogP contribution in [0, 0.1) is 5.82 Å². The van der Waals surface area contributed by atoms with Crippen molar-refractivity contribution in [1.29, 1.82) is 0 Å². The molecule has 1 heterocycles. The number of hydrogen-bond donors (Lipinski definition) is 0. The molecule has 2 amide bonds. The fraction of sp³-hybridized carbons (Fsp3) is 0.286. The van der Waals surface area contributed by atoms with Gasteiger partial charge in [0.05, 0.1) is 19.5 Å². The van der Waals surface area contributed by atoms with Gasteiger partial charge in [-0.1, -0.05) is 42.5 Å². The second-order valence-electron chi connectivity index (χ2n) is 6.63. The number of hydrogen-bond acceptors (Lipinski definition) is 5. The lowest BCUT2D eigenvalue weighted by atomic mass is 10.1. The van der Waals surface area contributed by atoms with Gasteiger partial charge in [-0.05, 0) is 23.3 Å². The van der Waals surface area contributed by atoms with E-state index >= 15 is 0 Å². The van der Waals surface area contributed by atoms with Crippen LogP contribution in [-0.2, 0) is 32.1 Å². The fourth-order valence-electron chi connectivity index (χ4n) is 3.02. The number of amides is 2. The molecule has 3 rings (SSSR count). The molecule has 0 bridgehead atoms. The lowest BCUT2D eigenvalue weighted by Crippen LogP contribution is -2.45. The predicted octanol–water partition coefficient (Wildman–Crippen LogP) is 2.70. The van der Waals surface area contributed by atoms with Crippen LogP contribution in [-0.4, -0.2) is 47.2 Å². The standard InChI is InChI=1S/C21H21FN2O5/c1-15(25)29-19-12-23(20(26)11-16-7-9-18(22)10-8-16)24(13-19)21(27)28-14-17-5-3-2-4-6-17/h2-10,19H,11-14H2,1H3. The Balaban J connectivity index is 1.68. The van der Waals surface area contributed by atoms with Crippen molar-refractivity contribution >= 4 is 18.0 Å². The maximum atomic E-state index is 13.1. The molecule has 0 aliphatic carbocycles. The number of hydrazine groups is 1. The summed E-state index contributed by atoms with van der Waals surface area (Å²) >= 11 is 0. The molecule has 1 aliphatic heterocycles. The molecular weight excluding hydrogens is 379 g/mol. The largest absolute Gasteiger partial charge is 0.459 e. The summed E-state index contributed by atoms with van der Waals surface area (Å²) in [5.74, 6) is -1.29. The molecule has 0 saturated carbocycles. The van der Waals surface area contributed by atoms with E-state index in [9.17, 15) is 18.8 Å². The zero-order valence-electron chi connectivity index (χ0n) is 15.9. The molecule has 29 heavy (non-hydrogen) atoms. The molecule has 7 nitrogen and oxygen atoms in total. The summed E-state index contributed by atoms with van der Waals surface area (Å²) in [6.45, 7) is 1.37. The molecule has 1 aliphatic rings. The van der Waals surface area contributed by atoms with Crippen LogP contribution in [0.15, 0.2) is 54.6 Å². The Morgan fingerprint density at radius 1 is 0.966 bits per heavy atom. The molecule has 1 unspecified atom stereocenters. The van der Waals surface area contributed by atoms with E-state index in [4.69, 9.17) is 9.47 Å². The highest BCUT2D eigenvalue weighted by Gasteiger charge is 2.39. The van der Waals surface area contributed by atoms with E-state index in [1.807, 2.05) is 30.3 Å². The van der Waals surface area contributed by atoms with E-state index in [-0.39, 0.29) is 32.0 Å². The van der Waals surface area contributed by atoms with Crippen molar-refractivity contribution in [3.63, 3.8) is 0 Å². The number of esters is 1. The summed E-state index contributed by atoms with van der Waals surface area (Å²) in [5.41, 5.74) is 1.41. The summed E-state index contributed by atoms with van der Waals surface area (Å²) in [6.07, 6.45) is -1.39. The zero-order valence-corrected chi connectivity index (χ0v) is 15.9. The van der Waals surface area contributed by atoms with Crippen LogP contribution in [0.5, 0.6) is 0 Å². The third-order valence-corrected chi connectivity index (χ3v) is 4.35. The fourth-order valence-corrected chi connectivity index (χ4v) is 3.02. The van der Waals surface area contributed by atoms with Crippen LogP contribution < -0.4 is 0 Å². The average Bonchev–Trinajstić information content (AvgIpc) is 3.12. The van der Waals surface area contributed by atoms with E-state index in [0.29, 0.717) is 5.56 Å². The van der Waals surface area contributed by atoms with Gasteiger partial charge in [0.15, 0.2) is 0 Å². The van der Waals surface area contributed by atoms with E-state index in [1.54, 1.807) is 0 Å². The third-order valence-electron chi connectivity index (χ3n) is 4.35. The first-order chi connectivity index (χ1) is 13.9. The molecule has 0 radical (unpaired) electrons. The molecule has 1 saturated heterocycles. The summed E-state index contributed by atoms with van der Waals surface area (Å²) < 4.78 is 23.6. The highest BCUT2D eigenvalue weighted by atomic mass is 19.1. The van der Waals surface area contributed by atoms with Crippen LogP contribution in [0.3, 0.4) is 0 Å². The first kappa shape index (κ1) is 20.3. The van der Waals surface area contributed by atoms with Gasteiger partial charge in [-0.15, -0.1) is 0 Å². The van der Waals surface area contributed by atoms with Crippen molar-refractivity contribution in [1.82, 2.24) is 10.0 Å². The molecule has 1 fully saturated rings. The summed E-state index contributed by atoms with van der Waals surface area (Å²) in [7, 11) is 0. The van der Waals surface area contributed by atoms with Crippen molar-refractivity contribution in [2.24, 2.45) is 0 Å². The van der Waals surface area contributed by atoms with Crippen molar-refractivity contribution < 1.29 is 28.2 Å². The van der Waals surface area contributed by atoms with Gasteiger partial charge in [-0.3, -0.25) is 9.59 Å². The molecule has 0 spiro atoms. The van der Waals surface area contributed by atoms with Crippen molar-refractivity contribution in [3.8, 4) is 0 Å². The number of benzene rings is 2. The molecule has 2 aromatic rings. The zero-order chi connectivity index (χ0) is 20.8. The Morgan fingerprint density at radius 3 is 2.28 bits per heavy atom. The van der Waals surface area contributed by atoms with Crippen molar-refractivity contribution in [3.05, 3.63) is 71.5 Å². The minimum atomic E-state index is -0.712. The maximum Gasteiger partial charge on any atom is 0.429 e. The van der Waals surface area contributed by atoms with Gasteiger partial charge >= 0.3 is 12.1 Å². The van der Waals surface area contributed by atoms with Gasteiger partial charge in [0.25, 0.3) is 0 Å². The molecule has 0 N–H and O–H groups in total. The smallest absolute Gasteiger partial charge is 0.429 e. The monoisotopic (exact) mass is 400 g/mol. The molecular formula is C21H21FN2O5. The first-order valence-corrected chi connectivity index (χ1v) is 9.12. The Kier molecular flexibility index (Phi) is 6.43. The predicted molar refractivity (Wildman–Crippen MR) is 101 cm³/mol.